The maximum atomic E-state index is 12.2. The number of nitrogens with one attached hydrogen (secondary N) is 1. The average molecular weight is 278 g/mol. The molecule has 1 fully saturated rings. The first-order chi connectivity index (χ1) is 9.46. The lowest BCUT2D eigenvalue weighted by Crippen LogP contribution is -2.63. The summed E-state index contributed by atoms with van der Waals surface area (Å²) in [7, 11) is 1.58. The molecule has 2 rings (SSSR count). The van der Waals surface area contributed by atoms with Crippen molar-refractivity contribution in [1.82, 2.24) is 5.32 Å². The first-order valence-electron chi connectivity index (χ1n) is 6.29. The molecule has 0 atom stereocenters. The Balaban J connectivity index is 2.11. The number of amides is 2. The molecule has 0 spiro atoms. The highest BCUT2D eigenvalue weighted by Crippen LogP contribution is 2.23. The lowest BCUT2D eigenvalue weighted by Gasteiger charge is -2.41. The summed E-state index contributed by atoms with van der Waals surface area (Å²) in [6.07, 6.45) is 0.0773. The lowest BCUT2D eigenvalue weighted by atomic mass is 9.92. The van der Waals surface area contributed by atoms with Crippen LogP contribution >= 0.6 is 0 Å². The fraction of sp³-hybridized carbons (Fsp3) is 0.429. The van der Waals surface area contributed by atoms with E-state index in [2.05, 4.69) is 5.32 Å². The molecule has 3 N–H and O–H groups in total. The minimum absolute atomic E-state index is 0.0773. The van der Waals surface area contributed by atoms with E-state index in [0.29, 0.717) is 18.8 Å². The van der Waals surface area contributed by atoms with E-state index in [9.17, 15) is 9.59 Å². The van der Waals surface area contributed by atoms with E-state index in [-0.39, 0.29) is 12.3 Å². The Kier molecular flexibility index (Phi) is 3.94. The second-order valence-corrected chi connectivity index (χ2v) is 5.05. The van der Waals surface area contributed by atoms with Crippen molar-refractivity contribution in [1.29, 1.82) is 0 Å². The van der Waals surface area contributed by atoms with Gasteiger partial charge in [-0.05, 0) is 30.7 Å². The molecule has 0 aliphatic carbocycles. The number of carbonyl (C=O) groups is 2. The second-order valence-electron chi connectivity index (χ2n) is 5.05. The molecule has 1 aliphatic heterocycles. The molecule has 6 nitrogen and oxygen atoms in total. The number of hydrogen-bond donors (Lipinski definition) is 2. The van der Waals surface area contributed by atoms with E-state index in [1.165, 1.54) is 0 Å². The van der Waals surface area contributed by atoms with Crippen LogP contribution in [0.15, 0.2) is 18.2 Å². The van der Waals surface area contributed by atoms with Gasteiger partial charge in [0.05, 0.1) is 32.3 Å². The van der Waals surface area contributed by atoms with Gasteiger partial charge in [-0.25, -0.2) is 0 Å². The van der Waals surface area contributed by atoms with Crippen LogP contribution in [0.5, 0.6) is 5.75 Å². The van der Waals surface area contributed by atoms with E-state index in [1.54, 1.807) is 25.3 Å². The van der Waals surface area contributed by atoms with Crippen LogP contribution in [0.25, 0.3) is 0 Å². The molecule has 0 aromatic heterocycles. The van der Waals surface area contributed by atoms with Gasteiger partial charge in [-0.1, -0.05) is 0 Å². The van der Waals surface area contributed by atoms with Crippen LogP contribution < -0.4 is 15.8 Å². The summed E-state index contributed by atoms with van der Waals surface area (Å²) in [6, 6.07) is 5.16. The zero-order valence-electron chi connectivity index (χ0n) is 11.6. The zero-order valence-corrected chi connectivity index (χ0v) is 11.6. The normalized spacial score (nSPS) is 16.1. The first kappa shape index (κ1) is 14.3. The molecule has 0 saturated carbocycles. The third kappa shape index (κ3) is 2.91. The largest absolute Gasteiger partial charge is 0.496 e. The standard InChI is InChI=1S/C14H18N2O4/c1-9-5-10(3-4-11(9)19-2)13(18)16-14(6-12(15)17)7-20-8-14/h3-5H,6-8H2,1-2H3,(H2,15,17)(H,16,18). The van der Waals surface area contributed by atoms with Gasteiger partial charge in [-0.15, -0.1) is 0 Å². The highest BCUT2D eigenvalue weighted by atomic mass is 16.5. The maximum Gasteiger partial charge on any atom is 0.251 e. The molecular formula is C14H18N2O4. The van der Waals surface area contributed by atoms with Crippen molar-refractivity contribution >= 4 is 11.8 Å². The highest BCUT2D eigenvalue weighted by molar-refractivity contribution is 5.95. The van der Waals surface area contributed by atoms with E-state index in [0.717, 1.165) is 11.3 Å². The van der Waals surface area contributed by atoms with Crippen LogP contribution in [0, 0.1) is 6.92 Å². The SMILES string of the molecule is COc1ccc(C(=O)NC2(CC(N)=O)COC2)cc1C. The fourth-order valence-electron chi connectivity index (χ4n) is 2.23. The lowest BCUT2D eigenvalue weighted by molar-refractivity contribution is -0.127. The van der Waals surface area contributed by atoms with Crippen LogP contribution in [-0.4, -0.2) is 37.7 Å². The zero-order chi connectivity index (χ0) is 14.8. The molecule has 20 heavy (non-hydrogen) atoms. The van der Waals surface area contributed by atoms with Crippen LogP contribution in [0.2, 0.25) is 0 Å². The van der Waals surface area contributed by atoms with Crippen molar-refractivity contribution < 1.29 is 19.1 Å². The first-order valence-corrected chi connectivity index (χ1v) is 6.29. The van der Waals surface area contributed by atoms with Crippen LogP contribution in [-0.2, 0) is 9.53 Å². The van der Waals surface area contributed by atoms with E-state index in [4.69, 9.17) is 15.2 Å². The molecule has 0 unspecified atom stereocenters. The number of benzene rings is 1. The summed E-state index contributed by atoms with van der Waals surface area (Å²) in [4.78, 5) is 23.3. The Bertz CT molecular complexity index is 538. The Morgan fingerprint density at radius 1 is 1.45 bits per heavy atom. The molecule has 1 aromatic rings. The number of ether oxygens (including phenoxy) is 2. The molecular weight excluding hydrogens is 260 g/mol. The molecule has 1 heterocycles. The summed E-state index contributed by atoms with van der Waals surface area (Å²) in [5.74, 6) is 0.0141. The summed E-state index contributed by atoms with van der Waals surface area (Å²) < 4.78 is 10.2. The Hall–Kier alpha value is -2.08. The molecule has 0 bridgehead atoms. The summed E-state index contributed by atoms with van der Waals surface area (Å²) in [5.41, 5.74) is 5.91. The molecule has 0 radical (unpaired) electrons. The molecule has 6 heteroatoms. The van der Waals surface area contributed by atoms with Gasteiger partial charge in [-0.2, -0.15) is 0 Å². The smallest absolute Gasteiger partial charge is 0.251 e. The molecule has 108 valence electrons. The van der Waals surface area contributed by atoms with Crippen molar-refractivity contribution in [3.8, 4) is 5.75 Å². The van der Waals surface area contributed by atoms with Crippen LogP contribution in [0.3, 0.4) is 0 Å². The van der Waals surface area contributed by atoms with Gasteiger partial charge < -0.3 is 20.5 Å². The van der Waals surface area contributed by atoms with Gasteiger partial charge >= 0.3 is 0 Å². The summed E-state index contributed by atoms with van der Waals surface area (Å²) in [5, 5.41) is 2.84. The van der Waals surface area contributed by atoms with Crippen molar-refractivity contribution in [2.75, 3.05) is 20.3 Å². The van der Waals surface area contributed by atoms with Crippen molar-refractivity contribution in [2.24, 2.45) is 5.73 Å². The average Bonchev–Trinajstić information content (AvgIpc) is 2.35. The van der Waals surface area contributed by atoms with Gasteiger partial charge in [-0.3, -0.25) is 9.59 Å². The van der Waals surface area contributed by atoms with E-state index in [1.807, 2.05) is 6.92 Å². The summed E-state index contributed by atoms with van der Waals surface area (Å²) in [6.45, 7) is 2.47. The molecule has 1 aromatic carbocycles. The van der Waals surface area contributed by atoms with Gasteiger partial charge in [0, 0.05) is 5.56 Å². The number of rotatable bonds is 5. The van der Waals surface area contributed by atoms with E-state index >= 15 is 0 Å². The predicted octanol–water partition coefficient (Wildman–Crippen LogP) is 0.378. The number of methoxy groups -OCH3 is 1. The fourth-order valence-corrected chi connectivity index (χ4v) is 2.23. The predicted molar refractivity (Wildman–Crippen MR) is 72.6 cm³/mol. The number of aryl methyl sites for hydroxylation is 1. The number of carbonyl (C=O) groups excluding carboxylic acids is 2. The topological polar surface area (TPSA) is 90.6 Å². The Labute approximate surface area is 117 Å². The van der Waals surface area contributed by atoms with Crippen molar-refractivity contribution in [3.63, 3.8) is 0 Å². The van der Waals surface area contributed by atoms with Gasteiger partial charge in [0.2, 0.25) is 5.91 Å². The third-order valence-corrected chi connectivity index (χ3v) is 3.31. The highest BCUT2D eigenvalue weighted by Gasteiger charge is 2.41. The number of primary amides is 1. The minimum atomic E-state index is -0.670. The second kappa shape index (κ2) is 5.50. The third-order valence-electron chi connectivity index (χ3n) is 3.31. The maximum absolute atomic E-state index is 12.2. The number of nitrogens with two attached hydrogens (primary N) is 1. The molecule has 1 aliphatic rings. The minimum Gasteiger partial charge on any atom is -0.496 e. The van der Waals surface area contributed by atoms with Gasteiger partial charge in [0.1, 0.15) is 5.75 Å². The number of hydrogen-bond acceptors (Lipinski definition) is 4. The molecule has 1 saturated heterocycles. The Morgan fingerprint density at radius 3 is 2.60 bits per heavy atom. The van der Waals surface area contributed by atoms with Gasteiger partial charge in [0.15, 0.2) is 0 Å². The van der Waals surface area contributed by atoms with Crippen molar-refractivity contribution in [3.05, 3.63) is 29.3 Å². The summed E-state index contributed by atoms with van der Waals surface area (Å²) >= 11 is 0. The Morgan fingerprint density at radius 2 is 2.15 bits per heavy atom. The van der Waals surface area contributed by atoms with Crippen molar-refractivity contribution in [2.45, 2.75) is 18.9 Å². The quantitative estimate of drug-likeness (QED) is 0.814. The van der Waals surface area contributed by atoms with Crippen LogP contribution in [0.1, 0.15) is 22.3 Å². The molecule has 2 amide bonds. The van der Waals surface area contributed by atoms with E-state index < -0.39 is 11.4 Å². The van der Waals surface area contributed by atoms with Crippen LogP contribution in [0.4, 0.5) is 0 Å². The van der Waals surface area contributed by atoms with Gasteiger partial charge in [0.25, 0.3) is 5.91 Å². The monoisotopic (exact) mass is 278 g/mol.